The molecule has 1 aliphatic rings. The molecule has 1 heterocycles. The number of carboxylic acid groups (broad SMARTS) is 1. The van der Waals surface area contributed by atoms with E-state index in [-0.39, 0.29) is 38.1 Å². The van der Waals surface area contributed by atoms with E-state index in [9.17, 15) is 14.4 Å². The van der Waals surface area contributed by atoms with Crippen LogP contribution in [0.2, 0.25) is 0 Å². The molecule has 0 aromatic heterocycles. The van der Waals surface area contributed by atoms with Crippen LogP contribution in [0.3, 0.4) is 0 Å². The van der Waals surface area contributed by atoms with Crippen molar-refractivity contribution in [1.82, 2.24) is 15.5 Å². The zero-order valence-electron chi connectivity index (χ0n) is 13.2. The maximum absolute atomic E-state index is 11.9. The van der Waals surface area contributed by atoms with Crippen LogP contribution in [-0.2, 0) is 16.1 Å². The van der Waals surface area contributed by atoms with Gasteiger partial charge < -0.3 is 25.4 Å². The Kier molecular flexibility index (Phi) is 6.41. The number of hydrogen-bond donors (Lipinski definition) is 3. The van der Waals surface area contributed by atoms with Crippen molar-refractivity contribution in [2.24, 2.45) is 5.92 Å². The predicted molar refractivity (Wildman–Crippen MR) is 85.3 cm³/mol. The minimum Gasteiger partial charge on any atom is -0.465 e. The van der Waals surface area contributed by atoms with Gasteiger partial charge in [0.1, 0.15) is 6.61 Å². The van der Waals surface area contributed by atoms with Crippen molar-refractivity contribution in [3.63, 3.8) is 0 Å². The Morgan fingerprint density at radius 3 is 2.54 bits per heavy atom. The van der Waals surface area contributed by atoms with Gasteiger partial charge in [0.05, 0.1) is 5.92 Å². The van der Waals surface area contributed by atoms with Gasteiger partial charge in [-0.1, -0.05) is 30.3 Å². The second-order valence-corrected chi connectivity index (χ2v) is 5.49. The molecule has 8 heteroatoms. The molecule has 3 amide bonds. The summed E-state index contributed by atoms with van der Waals surface area (Å²) in [4.78, 5) is 35.4. The number of rotatable bonds is 6. The van der Waals surface area contributed by atoms with Crippen LogP contribution < -0.4 is 10.6 Å². The van der Waals surface area contributed by atoms with Crippen molar-refractivity contribution < 1.29 is 24.2 Å². The van der Waals surface area contributed by atoms with Gasteiger partial charge >= 0.3 is 12.2 Å². The average Bonchev–Trinajstić information content (AvgIpc) is 3.08. The minimum absolute atomic E-state index is 0.187. The van der Waals surface area contributed by atoms with E-state index >= 15 is 0 Å². The molecule has 1 aromatic carbocycles. The minimum atomic E-state index is -1.01. The lowest BCUT2D eigenvalue weighted by Gasteiger charge is -2.13. The molecule has 0 aliphatic carbocycles. The van der Waals surface area contributed by atoms with Crippen LogP contribution in [0.15, 0.2) is 30.3 Å². The molecule has 0 saturated carbocycles. The largest absolute Gasteiger partial charge is 0.465 e. The van der Waals surface area contributed by atoms with Gasteiger partial charge in [0.2, 0.25) is 5.91 Å². The number of hydrogen-bond acceptors (Lipinski definition) is 4. The third kappa shape index (κ3) is 5.45. The van der Waals surface area contributed by atoms with Crippen LogP contribution in [0.5, 0.6) is 0 Å². The highest BCUT2D eigenvalue weighted by Crippen LogP contribution is 2.15. The van der Waals surface area contributed by atoms with E-state index in [2.05, 4.69) is 10.6 Å². The molecule has 1 fully saturated rings. The summed E-state index contributed by atoms with van der Waals surface area (Å²) in [5.41, 5.74) is 0.894. The molecule has 1 saturated heterocycles. The first kappa shape index (κ1) is 17.6. The Labute approximate surface area is 139 Å². The first-order chi connectivity index (χ1) is 11.6. The topological polar surface area (TPSA) is 108 Å². The fraction of sp³-hybridized carbons (Fsp3) is 0.438. The lowest BCUT2D eigenvalue weighted by atomic mass is 10.1. The number of carbonyl (C=O) groups excluding carboxylic acids is 2. The molecule has 1 aromatic rings. The number of likely N-dealkylation sites (tertiary alicyclic amines) is 1. The van der Waals surface area contributed by atoms with Crippen LogP contribution in [-0.4, -0.2) is 54.3 Å². The number of carbonyl (C=O) groups is 3. The van der Waals surface area contributed by atoms with Gasteiger partial charge in [0.25, 0.3) is 0 Å². The third-order valence-electron chi connectivity index (χ3n) is 3.74. The maximum atomic E-state index is 11.9. The molecular weight excluding hydrogens is 314 g/mol. The number of alkyl carbamates (subject to hydrolysis) is 1. The predicted octanol–water partition coefficient (Wildman–Crippen LogP) is 1.03. The summed E-state index contributed by atoms with van der Waals surface area (Å²) >= 11 is 0. The Bertz CT molecular complexity index is 578. The maximum Gasteiger partial charge on any atom is 0.407 e. The molecular formula is C16H21N3O5. The molecule has 2 rings (SSSR count). The molecule has 1 aliphatic heterocycles. The third-order valence-corrected chi connectivity index (χ3v) is 3.74. The van der Waals surface area contributed by atoms with E-state index in [4.69, 9.17) is 9.84 Å². The fourth-order valence-electron chi connectivity index (χ4n) is 2.42. The van der Waals surface area contributed by atoms with E-state index in [0.29, 0.717) is 13.0 Å². The van der Waals surface area contributed by atoms with E-state index in [1.165, 1.54) is 4.90 Å². The highest BCUT2D eigenvalue weighted by atomic mass is 16.5. The van der Waals surface area contributed by atoms with E-state index < -0.39 is 12.2 Å². The van der Waals surface area contributed by atoms with Gasteiger partial charge in [0, 0.05) is 26.2 Å². The summed E-state index contributed by atoms with van der Waals surface area (Å²) in [7, 11) is 0. The first-order valence-electron chi connectivity index (χ1n) is 7.76. The van der Waals surface area contributed by atoms with Crippen LogP contribution in [0.4, 0.5) is 9.59 Å². The summed E-state index contributed by atoms with van der Waals surface area (Å²) in [6.07, 6.45) is -1.04. The summed E-state index contributed by atoms with van der Waals surface area (Å²) in [5.74, 6) is -0.524. The van der Waals surface area contributed by atoms with Gasteiger partial charge in [-0.15, -0.1) is 0 Å². The molecule has 8 nitrogen and oxygen atoms in total. The Morgan fingerprint density at radius 1 is 1.17 bits per heavy atom. The van der Waals surface area contributed by atoms with Crippen molar-refractivity contribution in [3.05, 3.63) is 35.9 Å². The summed E-state index contributed by atoms with van der Waals surface area (Å²) in [6, 6.07) is 9.32. The van der Waals surface area contributed by atoms with Crippen molar-refractivity contribution in [2.45, 2.75) is 13.0 Å². The van der Waals surface area contributed by atoms with Crippen LogP contribution in [0.25, 0.3) is 0 Å². The highest BCUT2D eigenvalue weighted by Gasteiger charge is 2.30. The Balaban J connectivity index is 1.56. The van der Waals surface area contributed by atoms with E-state index in [1.807, 2.05) is 30.3 Å². The molecule has 0 spiro atoms. The zero-order chi connectivity index (χ0) is 17.4. The van der Waals surface area contributed by atoms with Crippen molar-refractivity contribution in [1.29, 1.82) is 0 Å². The molecule has 3 N–H and O–H groups in total. The Hall–Kier alpha value is -2.77. The van der Waals surface area contributed by atoms with Crippen molar-refractivity contribution in [3.8, 4) is 0 Å². The smallest absolute Gasteiger partial charge is 0.407 e. The molecule has 0 bridgehead atoms. The lowest BCUT2D eigenvalue weighted by molar-refractivity contribution is -0.124. The van der Waals surface area contributed by atoms with Crippen molar-refractivity contribution in [2.75, 3.05) is 26.2 Å². The van der Waals surface area contributed by atoms with E-state index in [0.717, 1.165) is 5.56 Å². The monoisotopic (exact) mass is 335 g/mol. The number of nitrogens with one attached hydrogen (secondary N) is 2. The molecule has 0 unspecified atom stereocenters. The van der Waals surface area contributed by atoms with Gasteiger partial charge in [-0.25, -0.2) is 9.59 Å². The number of amides is 3. The van der Waals surface area contributed by atoms with Crippen LogP contribution >= 0.6 is 0 Å². The number of benzene rings is 1. The van der Waals surface area contributed by atoms with Crippen LogP contribution in [0, 0.1) is 5.92 Å². The molecule has 0 radical (unpaired) electrons. The van der Waals surface area contributed by atoms with Gasteiger partial charge in [0.15, 0.2) is 0 Å². The summed E-state index contributed by atoms with van der Waals surface area (Å²) in [6.45, 7) is 1.29. The highest BCUT2D eigenvalue weighted by molar-refractivity contribution is 5.80. The zero-order valence-corrected chi connectivity index (χ0v) is 13.2. The first-order valence-corrected chi connectivity index (χ1v) is 7.76. The average molecular weight is 335 g/mol. The van der Waals surface area contributed by atoms with Crippen LogP contribution in [0.1, 0.15) is 12.0 Å². The van der Waals surface area contributed by atoms with Gasteiger partial charge in [-0.3, -0.25) is 4.79 Å². The van der Waals surface area contributed by atoms with Crippen molar-refractivity contribution >= 4 is 18.1 Å². The van der Waals surface area contributed by atoms with E-state index in [1.54, 1.807) is 0 Å². The summed E-state index contributed by atoms with van der Waals surface area (Å²) < 4.78 is 5.04. The molecule has 130 valence electrons. The standard InChI is InChI=1S/C16H21N3O5/c20-14(13-6-9-19(10-13)16(22)23)17-7-8-18-15(21)24-11-12-4-2-1-3-5-12/h1-5,13H,6-11H2,(H,17,20)(H,18,21)(H,22,23)/t13-/m0/s1. The summed E-state index contributed by atoms with van der Waals surface area (Å²) in [5, 5.41) is 14.1. The quantitative estimate of drug-likeness (QED) is 0.673. The number of nitrogens with zero attached hydrogens (tertiary/aromatic N) is 1. The SMILES string of the molecule is O=C(NCCNC(=O)[C@H]1CCN(C(=O)O)C1)OCc1ccccc1. The molecule has 1 atom stereocenters. The lowest BCUT2D eigenvalue weighted by Crippen LogP contribution is -2.38. The normalized spacial score (nSPS) is 16.5. The molecule has 24 heavy (non-hydrogen) atoms. The fourth-order valence-corrected chi connectivity index (χ4v) is 2.42. The Morgan fingerprint density at radius 2 is 1.88 bits per heavy atom. The second kappa shape index (κ2) is 8.76. The van der Waals surface area contributed by atoms with Gasteiger partial charge in [-0.2, -0.15) is 0 Å². The number of ether oxygens (including phenoxy) is 1. The second-order valence-electron chi connectivity index (χ2n) is 5.49. The van der Waals surface area contributed by atoms with Gasteiger partial charge in [-0.05, 0) is 12.0 Å².